The summed E-state index contributed by atoms with van der Waals surface area (Å²) in [4.78, 5) is 0. The Morgan fingerprint density at radius 2 is 2.07 bits per heavy atom. The molecule has 3 atom stereocenters. The number of aliphatic hydroxyl groups is 1. The highest BCUT2D eigenvalue weighted by atomic mass is 16.7. The summed E-state index contributed by atoms with van der Waals surface area (Å²) in [6.45, 7) is 4.79. The van der Waals surface area contributed by atoms with E-state index in [4.69, 9.17) is 9.47 Å². The Labute approximate surface area is 91.1 Å². The molecular weight excluding hydrogens is 192 g/mol. The lowest BCUT2D eigenvalue weighted by molar-refractivity contribution is -0.147. The second-order valence-corrected chi connectivity index (χ2v) is 4.92. The van der Waals surface area contributed by atoms with E-state index in [1.807, 2.05) is 13.8 Å². The fourth-order valence-corrected chi connectivity index (χ4v) is 2.48. The van der Waals surface area contributed by atoms with Gasteiger partial charge in [-0.15, -0.1) is 0 Å². The van der Waals surface area contributed by atoms with Gasteiger partial charge in [-0.25, -0.2) is 0 Å². The largest absolute Gasteiger partial charge is 0.396 e. The van der Waals surface area contributed by atoms with Gasteiger partial charge >= 0.3 is 0 Å². The van der Waals surface area contributed by atoms with E-state index >= 15 is 0 Å². The van der Waals surface area contributed by atoms with Gasteiger partial charge in [-0.05, 0) is 38.5 Å². The van der Waals surface area contributed by atoms with Crippen LogP contribution in [-0.2, 0) is 9.47 Å². The van der Waals surface area contributed by atoms with Crippen molar-refractivity contribution < 1.29 is 14.6 Å². The van der Waals surface area contributed by atoms with Crippen molar-refractivity contribution in [3.63, 3.8) is 0 Å². The van der Waals surface area contributed by atoms with Crippen molar-refractivity contribution >= 4 is 0 Å². The van der Waals surface area contributed by atoms with Crippen LogP contribution in [0, 0.1) is 11.8 Å². The van der Waals surface area contributed by atoms with Crippen molar-refractivity contribution in [2.75, 3.05) is 13.2 Å². The molecule has 1 heterocycles. The molecule has 0 amide bonds. The van der Waals surface area contributed by atoms with E-state index < -0.39 is 5.79 Å². The smallest absolute Gasteiger partial charge is 0.163 e. The van der Waals surface area contributed by atoms with Gasteiger partial charge in [0.15, 0.2) is 5.79 Å². The summed E-state index contributed by atoms with van der Waals surface area (Å²) < 4.78 is 11.4. The molecule has 0 unspecified atom stereocenters. The maximum Gasteiger partial charge on any atom is 0.163 e. The molecule has 0 aromatic rings. The summed E-state index contributed by atoms with van der Waals surface area (Å²) in [5.74, 6) is 0.283. The van der Waals surface area contributed by atoms with E-state index in [0.29, 0.717) is 18.4 Å². The van der Waals surface area contributed by atoms with E-state index in [0.717, 1.165) is 12.8 Å². The van der Waals surface area contributed by atoms with Crippen LogP contribution in [0.4, 0.5) is 0 Å². The first-order chi connectivity index (χ1) is 7.12. The number of allylic oxidation sites excluding steroid dienone is 2. The molecule has 1 aliphatic heterocycles. The first-order valence-corrected chi connectivity index (χ1v) is 5.70. The van der Waals surface area contributed by atoms with Crippen molar-refractivity contribution in [1.29, 1.82) is 0 Å². The lowest BCUT2D eigenvalue weighted by Crippen LogP contribution is -2.34. The van der Waals surface area contributed by atoms with Crippen LogP contribution in [0.1, 0.15) is 26.7 Å². The monoisotopic (exact) mass is 212 g/mol. The quantitative estimate of drug-likeness (QED) is 0.708. The van der Waals surface area contributed by atoms with Crippen LogP contribution in [-0.4, -0.2) is 30.2 Å². The molecule has 2 aliphatic rings. The zero-order chi connectivity index (χ0) is 10.9. The summed E-state index contributed by atoms with van der Waals surface area (Å²) >= 11 is 0. The predicted octanol–water partition coefficient (Wildman–Crippen LogP) is 1.71. The Hall–Kier alpha value is -0.380. The molecule has 1 N–H and O–H groups in total. The SMILES string of the molecule is CC1(C)OC[C@H]([C@H]2CC=CC[C@H]2CO)O1. The van der Waals surface area contributed by atoms with Crippen molar-refractivity contribution in [2.24, 2.45) is 11.8 Å². The third-order valence-corrected chi connectivity index (χ3v) is 3.36. The summed E-state index contributed by atoms with van der Waals surface area (Å²) in [5, 5.41) is 9.32. The van der Waals surface area contributed by atoms with Crippen LogP contribution >= 0.6 is 0 Å². The molecule has 0 bridgehead atoms. The predicted molar refractivity (Wildman–Crippen MR) is 57.3 cm³/mol. The molecule has 1 aliphatic carbocycles. The van der Waals surface area contributed by atoms with Crippen LogP contribution in [0.25, 0.3) is 0 Å². The van der Waals surface area contributed by atoms with Gasteiger partial charge in [-0.2, -0.15) is 0 Å². The summed E-state index contributed by atoms with van der Waals surface area (Å²) in [7, 11) is 0. The highest BCUT2D eigenvalue weighted by Crippen LogP contribution is 2.35. The third-order valence-electron chi connectivity index (χ3n) is 3.36. The van der Waals surface area contributed by atoms with E-state index in [1.165, 1.54) is 0 Å². The number of aliphatic hydroxyl groups excluding tert-OH is 1. The lowest BCUT2D eigenvalue weighted by atomic mass is 9.80. The van der Waals surface area contributed by atoms with Crippen LogP contribution in [0.15, 0.2) is 12.2 Å². The summed E-state index contributed by atoms with van der Waals surface area (Å²) in [5.41, 5.74) is 0. The molecule has 86 valence electrons. The highest BCUT2D eigenvalue weighted by molar-refractivity contribution is 4.98. The molecule has 1 fully saturated rings. The molecule has 0 aromatic heterocycles. The fourth-order valence-electron chi connectivity index (χ4n) is 2.48. The molecule has 3 nitrogen and oxygen atoms in total. The maximum atomic E-state index is 9.32. The Kier molecular flexibility index (Phi) is 3.14. The van der Waals surface area contributed by atoms with Gasteiger partial charge in [0.25, 0.3) is 0 Å². The Bertz CT molecular complexity index is 247. The lowest BCUT2D eigenvalue weighted by Gasteiger charge is -2.31. The number of rotatable bonds is 2. The normalized spacial score (nSPS) is 39.5. The topological polar surface area (TPSA) is 38.7 Å². The summed E-state index contributed by atoms with van der Waals surface area (Å²) in [6, 6.07) is 0. The van der Waals surface area contributed by atoms with E-state index in [9.17, 15) is 5.11 Å². The average molecular weight is 212 g/mol. The Morgan fingerprint density at radius 3 is 2.67 bits per heavy atom. The minimum absolute atomic E-state index is 0.141. The third kappa shape index (κ3) is 2.41. The second-order valence-electron chi connectivity index (χ2n) is 4.92. The zero-order valence-electron chi connectivity index (χ0n) is 9.48. The molecule has 0 aromatic carbocycles. The van der Waals surface area contributed by atoms with Crippen molar-refractivity contribution in [2.45, 2.75) is 38.6 Å². The molecule has 15 heavy (non-hydrogen) atoms. The Balaban J connectivity index is 2.01. The van der Waals surface area contributed by atoms with Gasteiger partial charge in [0.1, 0.15) is 0 Å². The van der Waals surface area contributed by atoms with Gasteiger partial charge in [0.05, 0.1) is 12.7 Å². The zero-order valence-corrected chi connectivity index (χ0v) is 9.48. The first kappa shape index (κ1) is 11.1. The minimum Gasteiger partial charge on any atom is -0.396 e. The maximum absolute atomic E-state index is 9.32. The summed E-state index contributed by atoms with van der Waals surface area (Å²) in [6.07, 6.45) is 6.43. The standard InChI is InChI=1S/C12H20O3/c1-12(2)14-8-11(15-12)10-6-4-3-5-9(10)7-13/h3-4,9-11,13H,5-8H2,1-2H3/t9-,10-,11+/m0/s1. The van der Waals surface area contributed by atoms with Crippen LogP contribution in [0.2, 0.25) is 0 Å². The molecular formula is C12H20O3. The van der Waals surface area contributed by atoms with Gasteiger partial charge in [-0.3, -0.25) is 0 Å². The Morgan fingerprint density at radius 1 is 1.33 bits per heavy atom. The van der Waals surface area contributed by atoms with E-state index in [2.05, 4.69) is 12.2 Å². The highest BCUT2D eigenvalue weighted by Gasteiger charge is 2.40. The molecule has 2 rings (SSSR count). The van der Waals surface area contributed by atoms with Crippen LogP contribution < -0.4 is 0 Å². The molecule has 0 saturated carbocycles. The van der Waals surface area contributed by atoms with Crippen LogP contribution in [0.5, 0.6) is 0 Å². The van der Waals surface area contributed by atoms with E-state index in [1.54, 1.807) is 0 Å². The number of hydrogen-bond donors (Lipinski definition) is 1. The van der Waals surface area contributed by atoms with Gasteiger partial charge in [-0.1, -0.05) is 12.2 Å². The molecule has 0 spiro atoms. The van der Waals surface area contributed by atoms with Crippen molar-refractivity contribution in [3.05, 3.63) is 12.2 Å². The van der Waals surface area contributed by atoms with Gasteiger partial charge < -0.3 is 14.6 Å². The van der Waals surface area contributed by atoms with Gasteiger partial charge in [0.2, 0.25) is 0 Å². The first-order valence-electron chi connectivity index (χ1n) is 5.70. The second kappa shape index (κ2) is 4.24. The molecule has 1 saturated heterocycles. The van der Waals surface area contributed by atoms with Crippen molar-refractivity contribution in [1.82, 2.24) is 0 Å². The minimum atomic E-state index is -0.453. The molecule has 0 radical (unpaired) electrons. The average Bonchev–Trinajstić information content (AvgIpc) is 2.59. The number of hydrogen-bond acceptors (Lipinski definition) is 3. The number of ether oxygens (including phenoxy) is 2. The molecule has 3 heteroatoms. The van der Waals surface area contributed by atoms with Crippen LogP contribution in [0.3, 0.4) is 0 Å². The van der Waals surface area contributed by atoms with Gasteiger partial charge in [0, 0.05) is 6.61 Å². The fraction of sp³-hybridized carbons (Fsp3) is 0.833. The van der Waals surface area contributed by atoms with E-state index in [-0.39, 0.29) is 12.7 Å². The van der Waals surface area contributed by atoms with Crippen molar-refractivity contribution in [3.8, 4) is 0 Å².